The van der Waals surface area contributed by atoms with Crippen LogP contribution in [0.4, 0.5) is 0 Å². The van der Waals surface area contributed by atoms with E-state index in [-0.39, 0.29) is 58.5 Å². The minimum absolute atomic E-state index is 0. The summed E-state index contributed by atoms with van der Waals surface area (Å²) >= 11 is 0. The fourth-order valence-corrected chi connectivity index (χ4v) is 0.666. The molecule has 0 aromatic carbocycles. The first-order valence-corrected chi connectivity index (χ1v) is 2.36. The smallest absolute Gasteiger partial charge is 0.406 e. The van der Waals surface area contributed by atoms with Crippen molar-refractivity contribution in [2.45, 2.75) is 12.8 Å². The van der Waals surface area contributed by atoms with Crippen LogP contribution in [0.25, 0.3) is 0 Å². The van der Waals surface area contributed by atoms with Gasteiger partial charge in [0.1, 0.15) is 5.78 Å². The molecule has 1 aliphatic carbocycles. The number of carbonyl (C=O) groups excluding carboxylic acids is 2. The first kappa shape index (κ1) is 12.4. The molecular formula is C7H8O2W. The molecule has 0 radical (unpaired) electrons. The first-order chi connectivity index (χ1) is 3.70. The third-order valence-electron chi connectivity index (χ3n) is 1.10. The van der Waals surface area contributed by atoms with Crippen molar-refractivity contribution in [3.63, 3.8) is 0 Å². The van der Waals surface area contributed by atoms with Crippen molar-refractivity contribution in [2.75, 3.05) is 0 Å². The summed E-state index contributed by atoms with van der Waals surface area (Å²) < 4.78 is 0. The molecule has 0 aliphatic heterocycles. The molecule has 2 nitrogen and oxygen atoms in total. The third kappa shape index (κ3) is 2.57. The van der Waals surface area contributed by atoms with Crippen LogP contribution in [0.15, 0.2) is 5.57 Å². The second-order valence-corrected chi connectivity index (χ2v) is 1.84. The molecule has 0 atom stereocenters. The zero-order chi connectivity index (χ0) is 6.15. The van der Waals surface area contributed by atoms with E-state index in [4.69, 9.17) is 6.58 Å². The predicted octanol–water partition coefficient (Wildman–Crippen LogP) is 0.726. The van der Waals surface area contributed by atoms with Gasteiger partial charge in [0.2, 0.25) is 0 Å². The van der Waals surface area contributed by atoms with Gasteiger partial charge in [-0.25, -0.2) is 0 Å². The zero-order valence-corrected chi connectivity index (χ0v) is 8.65. The van der Waals surface area contributed by atoms with Crippen LogP contribution < -0.4 is 0 Å². The monoisotopic (exact) mass is 308 g/mol. The van der Waals surface area contributed by atoms with Gasteiger partial charge >= 0.3 is 21.1 Å². The molecule has 1 fully saturated rings. The number of rotatable bonds is 0. The number of hydrogen-bond donors (Lipinski definition) is 0. The van der Waals surface area contributed by atoms with E-state index in [0.717, 1.165) is 0 Å². The van der Waals surface area contributed by atoms with E-state index in [9.17, 15) is 9.59 Å². The first-order valence-electron chi connectivity index (χ1n) is 2.36. The van der Waals surface area contributed by atoms with Gasteiger partial charge in [0, 0.05) is 12.2 Å². The summed E-state index contributed by atoms with van der Waals surface area (Å²) in [7, 11) is 0. The Morgan fingerprint density at radius 3 is 1.80 bits per heavy atom. The molecule has 1 aliphatic rings. The summed E-state index contributed by atoms with van der Waals surface area (Å²) in [5.41, 5.74) is 0.218. The van der Waals surface area contributed by atoms with E-state index in [2.05, 4.69) is 0 Å². The van der Waals surface area contributed by atoms with E-state index in [1.807, 2.05) is 0 Å². The summed E-state index contributed by atoms with van der Waals surface area (Å²) in [5.74, 6) is -0.262. The minimum Gasteiger partial charge on any atom is -0.406 e. The van der Waals surface area contributed by atoms with Gasteiger partial charge in [-0.15, -0.1) is 0 Å². The quantitative estimate of drug-likeness (QED) is 0.375. The van der Waals surface area contributed by atoms with Crippen molar-refractivity contribution in [1.29, 1.82) is 0 Å². The van der Waals surface area contributed by atoms with Gasteiger partial charge in [0.05, 0.1) is 0 Å². The maximum Gasteiger partial charge on any atom is 2.00 e. The molecule has 0 saturated heterocycles. The molecule has 0 unspecified atom stereocenters. The van der Waals surface area contributed by atoms with Gasteiger partial charge in [0.25, 0.3) is 0 Å². The molecule has 10 heavy (non-hydrogen) atoms. The summed E-state index contributed by atoms with van der Waals surface area (Å²) in [6, 6.07) is 0. The van der Waals surface area contributed by atoms with Crippen molar-refractivity contribution in [2.24, 2.45) is 0 Å². The van der Waals surface area contributed by atoms with E-state index in [1.54, 1.807) is 0 Å². The molecule has 1 rings (SSSR count). The fourth-order valence-electron chi connectivity index (χ4n) is 0.666. The van der Waals surface area contributed by atoms with Crippen LogP contribution in [0, 0.1) is 14.0 Å². The number of carbonyl (C=O) groups is 2. The van der Waals surface area contributed by atoms with Crippen LogP contribution in [-0.2, 0) is 30.7 Å². The topological polar surface area (TPSA) is 34.1 Å². The van der Waals surface area contributed by atoms with E-state index < -0.39 is 0 Å². The fraction of sp³-hybridized carbons (Fsp3) is 0.286. The Labute approximate surface area is 75.0 Å². The SMILES string of the molecule is [CH-]=C1CC(=O)CC1=O.[CH3-].[W+2]. The van der Waals surface area contributed by atoms with Gasteiger partial charge in [-0.1, -0.05) is 0 Å². The molecule has 1 saturated carbocycles. The van der Waals surface area contributed by atoms with Gasteiger partial charge in [-0.3, -0.25) is 6.58 Å². The average molecular weight is 308 g/mol. The van der Waals surface area contributed by atoms with Gasteiger partial charge in [-0.05, 0) is 6.42 Å². The van der Waals surface area contributed by atoms with E-state index in [1.165, 1.54) is 0 Å². The summed E-state index contributed by atoms with van der Waals surface area (Å²) in [6.45, 7) is 5.11. The van der Waals surface area contributed by atoms with Crippen molar-refractivity contribution >= 4 is 11.6 Å². The number of hydrogen-bond acceptors (Lipinski definition) is 2. The maximum absolute atomic E-state index is 10.4. The van der Waals surface area contributed by atoms with E-state index in [0.29, 0.717) is 0 Å². The van der Waals surface area contributed by atoms with Gasteiger partial charge in [0.15, 0.2) is 0 Å². The predicted molar refractivity (Wildman–Crippen MR) is 33.5 cm³/mol. The molecule has 54 valence electrons. The van der Waals surface area contributed by atoms with Crippen molar-refractivity contribution in [3.05, 3.63) is 19.6 Å². The largest absolute Gasteiger partial charge is 2.00 e. The van der Waals surface area contributed by atoms with Crippen LogP contribution in [0.1, 0.15) is 12.8 Å². The third-order valence-corrected chi connectivity index (χ3v) is 1.10. The Hall–Kier alpha value is -0.232. The zero-order valence-electron chi connectivity index (χ0n) is 5.72. The van der Waals surface area contributed by atoms with Crippen LogP contribution in [0.2, 0.25) is 0 Å². The number of allylic oxidation sites excluding steroid dienone is 1. The van der Waals surface area contributed by atoms with Gasteiger partial charge < -0.3 is 17.0 Å². The van der Waals surface area contributed by atoms with Crippen LogP contribution in [-0.4, -0.2) is 11.6 Å². The maximum atomic E-state index is 10.4. The molecular weight excluding hydrogens is 300 g/mol. The summed E-state index contributed by atoms with van der Waals surface area (Å²) in [6.07, 6.45) is 0.185. The Balaban J connectivity index is 0. The molecule has 0 spiro atoms. The minimum atomic E-state index is -0.199. The Bertz CT molecular complexity index is 154. The molecule has 0 bridgehead atoms. The number of ketones is 2. The van der Waals surface area contributed by atoms with Gasteiger partial charge in [-0.2, -0.15) is 5.57 Å². The van der Waals surface area contributed by atoms with Crippen molar-refractivity contribution in [3.8, 4) is 0 Å². The Morgan fingerprint density at radius 2 is 1.70 bits per heavy atom. The Morgan fingerprint density at radius 1 is 1.20 bits per heavy atom. The molecule has 0 aromatic rings. The van der Waals surface area contributed by atoms with Crippen molar-refractivity contribution < 1.29 is 30.7 Å². The molecule has 0 heterocycles. The number of Topliss-reactive ketones (excluding diaryl/α,β-unsaturated/α-hetero) is 2. The second kappa shape index (κ2) is 4.56. The normalized spacial score (nSPS) is 16.2. The second-order valence-electron chi connectivity index (χ2n) is 1.84. The average Bonchev–Trinajstić information content (AvgIpc) is 1.85. The Kier molecular flexibility index (Phi) is 5.68. The summed E-state index contributed by atoms with van der Waals surface area (Å²) in [5, 5.41) is 0. The van der Waals surface area contributed by atoms with Crippen LogP contribution in [0.5, 0.6) is 0 Å². The molecule has 3 heteroatoms. The molecule has 0 amide bonds. The van der Waals surface area contributed by atoms with Crippen LogP contribution >= 0.6 is 0 Å². The molecule has 0 N–H and O–H groups in total. The summed E-state index contributed by atoms with van der Waals surface area (Å²) in [4.78, 5) is 20.7. The van der Waals surface area contributed by atoms with Crippen LogP contribution in [0.3, 0.4) is 0 Å². The standard InChI is InChI=1S/C6H5O2.CH3.W/c1-4-2-5(7)3-6(4)8;;/h1H,2-3H2;1H3;/q2*-1;+2. The van der Waals surface area contributed by atoms with E-state index >= 15 is 0 Å². The molecule has 0 aromatic heterocycles. The van der Waals surface area contributed by atoms with Crippen molar-refractivity contribution in [1.82, 2.24) is 0 Å².